The van der Waals surface area contributed by atoms with Gasteiger partial charge in [0.25, 0.3) is 0 Å². The minimum atomic E-state index is -1.79. The molecule has 3 aliphatic rings. The van der Waals surface area contributed by atoms with E-state index in [1.165, 1.54) is 16.7 Å². The number of benzene rings is 1. The van der Waals surface area contributed by atoms with Crippen molar-refractivity contribution >= 4 is 8.32 Å². The molecule has 3 saturated heterocycles. The Labute approximate surface area is 300 Å². The van der Waals surface area contributed by atoms with E-state index in [0.717, 1.165) is 51.6 Å². The van der Waals surface area contributed by atoms with Crippen LogP contribution in [-0.4, -0.2) is 64.8 Å². The van der Waals surface area contributed by atoms with Gasteiger partial charge in [0.15, 0.2) is 8.32 Å². The number of ether oxygens (including phenoxy) is 4. The van der Waals surface area contributed by atoms with Crippen LogP contribution in [0.2, 0.25) is 18.1 Å². The number of rotatable bonds is 17. The molecule has 6 heteroatoms. The maximum Gasteiger partial charge on any atom is 0.191 e. The summed E-state index contributed by atoms with van der Waals surface area (Å²) >= 11 is 0. The van der Waals surface area contributed by atoms with Crippen LogP contribution in [0.3, 0.4) is 0 Å². The summed E-state index contributed by atoms with van der Waals surface area (Å²) in [6.45, 7) is 33.2. The molecule has 3 heterocycles. The maximum absolute atomic E-state index is 7.05. The van der Waals surface area contributed by atoms with Crippen LogP contribution in [0.5, 0.6) is 0 Å². The predicted octanol–water partition coefficient (Wildman–Crippen LogP) is 10.3. The molecule has 0 aromatic heterocycles. The van der Waals surface area contributed by atoms with Gasteiger partial charge in [0.2, 0.25) is 0 Å². The summed E-state index contributed by atoms with van der Waals surface area (Å²) in [6, 6.07) is 10.9. The summed E-state index contributed by atoms with van der Waals surface area (Å²) in [4.78, 5) is 0. The van der Waals surface area contributed by atoms with Gasteiger partial charge in [-0.2, -0.15) is 0 Å². The molecular formula is C43H68O5Si. The lowest BCUT2D eigenvalue weighted by Gasteiger charge is -2.38. The minimum absolute atomic E-state index is 0.00117. The molecule has 10 atom stereocenters. The Morgan fingerprint density at radius 1 is 0.980 bits per heavy atom. The lowest BCUT2D eigenvalue weighted by molar-refractivity contribution is -0.0741. The molecule has 1 aromatic rings. The smallest absolute Gasteiger partial charge is 0.191 e. The van der Waals surface area contributed by atoms with E-state index in [2.05, 4.69) is 111 Å². The lowest BCUT2D eigenvalue weighted by Crippen LogP contribution is -2.42. The van der Waals surface area contributed by atoms with Gasteiger partial charge in [-0.25, -0.2) is 0 Å². The fraction of sp³-hybridized carbons (Fsp3) is 0.674. The fourth-order valence-electron chi connectivity index (χ4n) is 7.54. The second-order valence-electron chi connectivity index (χ2n) is 16.9. The van der Waals surface area contributed by atoms with E-state index in [0.29, 0.717) is 36.9 Å². The summed E-state index contributed by atoms with van der Waals surface area (Å²) < 4.78 is 32.4. The third-order valence-electron chi connectivity index (χ3n) is 11.8. The third kappa shape index (κ3) is 11.3. The molecule has 2 unspecified atom stereocenters. The van der Waals surface area contributed by atoms with Gasteiger partial charge in [0.05, 0.1) is 49.8 Å². The Morgan fingerprint density at radius 2 is 1.71 bits per heavy atom. The average Bonchev–Trinajstić information content (AvgIpc) is 3.54. The second kappa shape index (κ2) is 18.1. The highest BCUT2D eigenvalue weighted by atomic mass is 28.4. The largest absolute Gasteiger partial charge is 0.417 e. The first-order chi connectivity index (χ1) is 23.2. The first kappa shape index (κ1) is 40.0. The van der Waals surface area contributed by atoms with Crippen molar-refractivity contribution in [1.29, 1.82) is 0 Å². The SMILES string of the molecule is C=CCOC/C=C/[C@H]1CC(=C)C(CC[C@H]2C[C@@H](C)C(=C)[C@@H](CC3O[C@H](C[C@H](C)CO[Si](C)(C)C(C)(C)C)[C@H](C)[C@H]3Cc3ccccc3)O2)O1. The van der Waals surface area contributed by atoms with Gasteiger partial charge in [-0.05, 0) is 90.6 Å². The minimum Gasteiger partial charge on any atom is -0.417 e. The lowest BCUT2D eigenvalue weighted by atomic mass is 9.78. The van der Waals surface area contributed by atoms with E-state index < -0.39 is 8.32 Å². The summed E-state index contributed by atoms with van der Waals surface area (Å²) in [5.41, 5.74) is 3.78. The number of hydrogen-bond acceptors (Lipinski definition) is 5. The molecule has 0 spiro atoms. The van der Waals surface area contributed by atoms with E-state index in [4.69, 9.17) is 23.4 Å². The molecule has 5 nitrogen and oxygen atoms in total. The van der Waals surface area contributed by atoms with Crippen LogP contribution in [-0.2, 0) is 29.8 Å². The van der Waals surface area contributed by atoms with Crippen LogP contribution in [0.25, 0.3) is 0 Å². The van der Waals surface area contributed by atoms with E-state index in [9.17, 15) is 0 Å². The predicted molar refractivity (Wildman–Crippen MR) is 206 cm³/mol. The van der Waals surface area contributed by atoms with E-state index >= 15 is 0 Å². The molecule has 274 valence electrons. The highest BCUT2D eigenvalue weighted by molar-refractivity contribution is 6.74. The van der Waals surface area contributed by atoms with E-state index in [-0.39, 0.29) is 41.7 Å². The van der Waals surface area contributed by atoms with Crippen LogP contribution >= 0.6 is 0 Å². The summed E-state index contributed by atoms with van der Waals surface area (Å²) in [5, 5.41) is 0.214. The van der Waals surface area contributed by atoms with Crippen molar-refractivity contribution in [3.8, 4) is 0 Å². The van der Waals surface area contributed by atoms with Gasteiger partial charge in [0.1, 0.15) is 0 Å². The molecule has 4 rings (SSSR count). The molecule has 1 aromatic carbocycles. The molecule has 0 saturated carbocycles. The van der Waals surface area contributed by atoms with Gasteiger partial charge in [-0.3, -0.25) is 0 Å². The first-order valence-corrected chi connectivity index (χ1v) is 21.9. The van der Waals surface area contributed by atoms with Crippen molar-refractivity contribution in [2.75, 3.05) is 19.8 Å². The highest BCUT2D eigenvalue weighted by Crippen LogP contribution is 2.43. The molecule has 0 radical (unpaired) electrons. The zero-order chi connectivity index (χ0) is 35.8. The molecule has 0 aliphatic carbocycles. The van der Waals surface area contributed by atoms with Crippen molar-refractivity contribution in [2.24, 2.45) is 23.7 Å². The molecule has 0 amide bonds. The average molecular weight is 693 g/mol. The van der Waals surface area contributed by atoms with Crippen molar-refractivity contribution in [3.63, 3.8) is 0 Å². The van der Waals surface area contributed by atoms with E-state index in [1.807, 2.05) is 6.08 Å². The topological polar surface area (TPSA) is 46.2 Å². The van der Waals surface area contributed by atoms with Crippen molar-refractivity contribution in [2.45, 2.75) is 141 Å². The van der Waals surface area contributed by atoms with Crippen LogP contribution in [0, 0.1) is 23.7 Å². The van der Waals surface area contributed by atoms with Crippen molar-refractivity contribution in [1.82, 2.24) is 0 Å². The molecule has 49 heavy (non-hydrogen) atoms. The van der Waals surface area contributed by atoms with Gasteiger partial charge >= 0.3 is 0 Å². The molecule has 0 N–H and O–H groups in total. The van der Waals surface area contributed by atoms with Gasteiger partial charge in [0, 0.05) is 19.4 Å². The second-order valence-corrected chi connectivity index (χ2v) is 21.7. The highest BCUT2D eigenvalue weighted by Gasteiger charge is 2.45. The Hall–Kier alpha value is -1.80. The molecular weight excluding hydrogens is 625 g/mol. The van der Waals surface area contributed by atoms with Gasteiger partial charge < -0.3 is 23.4 Å². The fourth-order valence-corrected chi connectivity index (χ4v) is 8.67. The van der Waals surface area contributed by atoms with Gasteiger partial charge in [-0.15, -0.1) is 6.58 Å². The van der Waals surface area contributed by atoms with Crippen molar-refractivity contribution < 1.29 is 23.4 Å². The first-order valence-electron chi connectivity index (χ1n) is 19.0. The summed E-state index contributed by atoms with van der Waals surface area (Å²) in [7, 11) is -1.79. The maximum atomic E-state index is 7.05. The van der Waals surface area contributed by atoms with Crippen LogP contribution < -0.4 is 0 Å². The quantitative estimate of drug-likeness (QED) is 0.0924. The monoisotopic (exact) mass is 692 g/mol. The zero-order valence-electron chi connectivity index (χ0n) is 32.1. The number of hydrogen-bond donors (Lipinski definition) is 0. The standard InChI is InChI=1S/C43H68O5Si/c1-12-22-44-23-16-19-36-26-32(4)39(46-36)21-20-37-25-31(3)33(5)41(47-37)28-42-38(27-35-17-14-13-15-18-35)34(6)40(48-42)24-30(2)29-45-49(10,11)43(7,8)9/h12-19,30-31,34,36-42H,1,4-5,20-29H2,2-3,6-11H3/b19-16+/t30-,31+,34+,36-,37-,38+,39?,40+,41+,42?/m0/s1. The van der Waals surface area contributed by atoms with Crippen LogP contribution in [0.15, 0.2) is 79.4 Å². The Balaban J connectivity index is 1.37. The Bertz CT molecular complexity index is 1230. The van der Waals surface area contributed by atoms with Crippen LogP contribution in [0.4, 0.5) is 0 Å². The van der Waals surface area contributed by atoms with E-state index in [1.54, 1.807) is 6.08 Å². The molecule has 3 fully saturated rings. The van der Waals surface area contributed by atoms with Crippen molar-refractivity contribution in [3.05, 3.63) is 85.0 Å². The van der Waals surface area contributed by atoms with Gasteiger partial charge in [-0.1, -0.05) is 103 Å². The van der Waals surface area contributed by atoms with Crippen LogP contribution in [0.1, 0.15) is 85.6 Å². The zero-order valence-corrected chi connectivity index (χ0v) is 33.1. The molecule has 0 bridgehead atoms. The summed E-state index contributed by atoms with van der Waals surface area (Å²) in [6.07, 6.45) is 13.2. The summed E-state index contributed by atoms with van der Waals surface area (Å²) in [5.74, 6) is 1.73. The molecule has 3 aliphatic heterocycles. The normalized spacial score (nSPS) is 31.9. The Morgan fingerprint density at radius 3 is 2.41 bits per heavy atom. The Kier molecular flexibility index (Phi) is 14.8. The third-order valence-corrected chi connectivity index (χ3v) is 16.3.